The smallest absolute Gasteiger partial charge is 0.336 e. The number of carboxylic acid groups (broad SMARTS) is 1. The first-order valence-electron chi connectivity index (χ1n) is 7.44. The Bertz CT molecular complexity index is 874. The molecule has 3 nitrogen and oxygen atoms in total. The van der Waals surface area contributed by atoms with E-state index in [0.29, 0.717) is 10.6 Å². The fraction of sp³-hybridized carbons (Fsp3) is 0. The zero-order valence-corrected chi connectivity index (χ0v) is 13.6. The van der Waals surface area contributed by atoms with E-state index in [1.807, 2.05) is 42.5 Å². The van der Waals surface area contributed by atoms with E-state index in [9.17, 15) is 9.90 Å². The monoisotopic (exact) mass is 333 g/mol. The van der Waals surface area contributed by atoms with Gasteiger partial charge in [0.1, 0.15) is 4.99 Å². The molecule has 0 unspecified atom stereocenters. The first kappa shape index (κ1) is 15.9. The molecule has 0 fully saturated rings. The molecule has 0 bridgehead atoms. The maximum Gasteiger partial charge on any atom is 0.336 e. The van der Waals surface area contributed by atoms with Gasteiger partial charge < -0.3 is 10.4 Å². The summed E-state index contributed by atoms with van der Waals surface area (Å²) < 4.78 is 0. The molecule has 0 amide bonds. The van der Waals surface area contributed by atoms with E-state index in [1.54, 1.807) is 24.3 Å². The number of aromatic carboxylic acids is 1. The van der Waals surface area contributed by atoms with Crippen LogP contribution in [0.5, 0.6) is 0 Å². The van der Waals surface area contributed by atoms with Gasteiger partial charge in [-0.05, 0) is 29.3 Å². The SMILES string of the molecule is O=C(O)c1ccccc1C(=S)Nc1ccc(-c2ccccc2)cc1. The van der Waals surface area contributed by atoms with E-state index in [2.05, 4.69) is 17.4 Å². The van der Waals surface area contributed by atoms with Crippen LogP contribution in [0.25, 0.3) is 11.1 Å². The third-order valence-corrected chi connectivity index (χ3v) is 3.97. The predicted octanol–water partition coefficient (Wildman–Crippen LogP) is 4.84. The minimum Gasteiger partial charge on any atom is -0.478 e. The molecule has 0 radical (unpaired) electrons. The molecule has 0 saturated carbocycles. The Labute approximate surface area is 145 Å². The summed E-state index contributed by atoms with van der Waals surface area (Å²) in [7, 11) is 0. The van der Waals surface area contributed by atoms with Gasteiger partial charge in [0.15, 0.2) is 0 Å². The third-order valence-electron chi connectivity index (χ3n) is 3.65. The first-order valence-corrected chi connectivity index (χ1v) is 7.85. The average molecular weight is 333 g/mol. The lowest BCUT2D eigenvalue weighted by Crippen LogP contribution is -2.15. The highest BCUT2D eigenvalue weighted by Gasteiger charge is 2.12. The van der Waals surface area contributed by atoms with Crippen LogP contribution >= 0.6 is 12.2 Å². The Morgan fingerprint density at radius 3 is 1.92 bits per heavy atom. The van der Waals surface area contributed by atoms with Gasteiger partial charge in [0.25, 0.3) is 0 Å². The number of carboxylic acids is 1. The molecule has 4 heteroatoms. The van der Waals surface area contributed by atoms with Crippen molar-refractivity contribution in [1.82, 2.24) is 0 Å². The molecule has 0 aliphatic heterocycles. The predicted molar refractivity (Wildman–Crippen MR) is 101 cm³/mol. The van der Waals surface area contributed by atoms with Gasteiger partial charge in [-0.15, -0.1) is 0 Å². The number of hydrogen-bond donors (Lipinski definition) is 2. The van der Waals surface area contributed by atoms with Gasteiger partial charge in [0, 0.05) is 11.3 Å². The molecule has 3 rings (SSSR count). The number of anilines is 1. The second kappa shape index (κ2) is 7.06. The van der Waals surface area contributed by atoms with Crippen molar-refractivity contribution in [2.45, 2.75) is 0 Å². The molecule has 0 aromatic heterocycles. The van der Waals surface area contributed by atoms with Crippen LogP contribution in [0.15, 0.2) is 78.9 Å². The second-order valence-electron chi connectivity index (χ2n) is 5.25. The lowest BCUT2D eigenvalue weighted by atomic mass is 10.1. The molecule has 3 aromatic carbocycles. The molecule has 0 spiro atoms. The van der Waals surface area contributed by atoms with Crippen molar-refractivity contribution in [3.63, 3.8) is 0 Å². The maximum atomic E-state index is 11.3. The molecule has 118 valence electrons. The van der Waals surface area contributed by atoms with E-state index in [4.69, 9.17) is 12.2 Å². The fourth-order valence-corrected chi connectivity index (χ4v) is 2.74. The number of benzene rings is 3. The van der Waals surface area contributed by atoms with Crippen LogP contribution in [0, 0.1) is 0 Å². The van der Waals surface area contributed by atoms with Crippen molar-refractivity contribution < 1.29 is 9.90 Å². The Morgan fingerprint density at radius 2 is 1.29 bits per heavy atom. The lowest BCUT2D eigenvalue weighted by molar-refractivity contribution is 0.0696. The summed E-state index contributed by atoms with van der Waals surface area (Å²) in [5, 5.41) is 12.4. The molecule has 0 saturated heterocycles. The highest BCUT2D eigenvalue weighted by molar-refractivity contribution is 7.81. The van der Waals surface area contributed by atoms with Gasteiger partial charge in [0.2, 0.25) is 0 Å². The molecular formula is C20H15NO2S. The number of rotatable bonds is 4. The van der Waals surface area contributed by atoms with Crippen LogP contribution < -0.4 is 5.32 Å². The number of carbonyl (C=O) groups is 1. The summed E-state index contributed by atoms with van der Waals surface area (Å²) in [6, 6.07) is 24.7. The maximum absolute atomic E-state index is 11.3. The quantitative estimate of drug-likeness (QED) is 0.671. The van der Waals surface area contributed by atoms with E-state index in [0.717, 1.165) is 16.8 Å². The molecule has 0 aliphatic rings. The van der Waals surface area contributed by atoms with Crippen molar-refractivity contribution in [2.24, 2.45) is 0 Å². The molecule has 0 atom stereocenters. The summed E-state index contributed by atoms with van der Waals surface area (Å²) in [6.45, 7) is 0. The van der Waals surface area contributed by atoms with Gasteiger partial charge in [0.05, 0.1) is 5.56 Å². The van der Waals surface area contributed by atoms with Gasteiger partial charge in [-0.3, -0.25) is 0 Å². The normalized spacial score (nSPS) is 10.2. The van der Waals surface area contributed by atoms with Gasteiger partial charge in [-0.2, -0.15) is 0 Å². The Hall–Kier alpha value is -2.98. The van der Waals surface area contributed by atoms with Crippen LogP contribution in [0.4, 0.5) is 5.69 Å². The van der Waals surface area contributed by atoms with Crippen LogP contribution in [0.2, 0.25) is 0 Å². The summed E-state index contributed by atoms with van der Waals surface area (Å²) >= 11 is 5.36. The standard InChI is InChI=1S/C20H15NO2S/c22-20(23)18-9-5-4-8-17(18)19(24)21-16-12-10-15(11-13-16)14-6-2-1-3-7-14/h1-13H,(H,21,24)(H,22,23). The number of nitrogens with one attached hydrogen (secondary N) is 1. The van der Waals surface area contributed by atoms with E-state index in [1.165, 1.54) is 0 Å². The van der Waals surface area contributed by atoms with E-state index < -0.39 is 5.97 Å². The third kappa shape index (κ3) is 3.50. The first-order chi connectivity index (χ1) is 11.6. The number of thiocarbonyl (C=S) groups is 1. The Balaban J connectivity index is 1.80. The van der Waals surface area contributed by atoms with Crippen LogP contribution in [-0.2, 0) is 0 Å². The van der Waals surface area contributed by atoms with Crippen molar-refractivity contribution in [2.75, 3.05) is 5.32 Å². The van der Waals surface area contributed by atoms with Crippen molar-refractivity contribution in [1.29, 1.82) is 0 Å². The van der Waals surface area contributed by atoms with E-state index in [-0.39, 0.29) is 5.56 Å². The van der Waals surface area contributed by atoms with Gasteiger partial charge >= 0.3 is 5.97 Å². The summed E-state index contributed by atoms with van der Waals surface area (Å²) in [5.41, 5.74) is 3.77. The highest BCUT2D eigenvalue weighted by Crippen LogP contribution is 2.21. The summed E-state index contributed by atoms with van der Waals surface area (Å²) in [6.07, 6.45) is 0. The Kier molecular flexibility index (Phi) is 4.68. The number of hydrogen-bond acceptors (Lipinski definition) is 2. The molecule has 2 N–H and O–H groups in total. The zero-order valence-electron chi connectivity index (χ0n) is 12.8. The average Bonchev–Trinajstić information content (AvgIpc) is 2.63. The second-order valence-corrected chi connectivity index (χ2v) is 5.66. The summed E-state index contributed by atoms with van der Waals surface area (Å²) in [4.78, 5) is 11.7. The topological polar surface area (TPSA) is 49.3 Å². The molecule has 3 aromatic rings. The largest absolute Gasteiger partial charge is 0.478 e. The van der Waals surface area contributed by atoms with Gasteiger partial charge in [-0.25, -0.2) is 4.79 Å². The zero-order chi connectivity index (χ0) is 16.9. The highest BCUT2D eigenvalue weighted by atomic mass is 32.1. The molecular weight excluding hydrogens is 318 g/mol. The minimum atomic E-state index is -0.992. The lowest BCUT2D eigenvalue weighted by Gasteiger charge is -2.11. The fourth-order valence-electron chi connectivity index (χ4n) is 2.44. The van der Waals surface area contributed by atoms with Crippen LogP contribution in [-0.4, -0.2) is 16.1 Å². The van der Waals surface area contributed by atoms with Crippen molar-refractivity contribution in [3.8, 4) is 11.1 Å². The van der Waals surface area contributed by atoms with Crippen molar-refractivity contribution in [3.05, 3.63) is 90.0 Å². The van der Waals surface area contributed by atoms with Crippen LogP contribution in [0.3, 0.4) is 0 Å². The minimum absolute atomic E-state index is 0.191. The van der Waals surface area contributed by atoms with Gasteiger partial charge in [-0.1, -0.05) is 72.9 Å². The molecule has 0 heterocycles. The van der Waals surface area contributed by atoms with Crippen LogP contribution in [0.1, 0.15) is 15.9 Å². The molecule has 24 heavy (non-hydrogen) atoms. The van der Waals surface area contributed by atoms with E-state index >= 15 is 0 Å². The van der Waals surface area contributed by atoms with Crippen molar-refractivity contribution >= 4 is 28.9 Å². The summed E-state index contributed by atoms with van der Waals surface area (Å²) in [5.74, 6) is -0.992. The Morgan fingerprint density at radius 1 is 0.750 bits per heavy atom. The molecule has 0 aliphatic carbocycles.